The van der Waals surface area contributed by atoms with Crippen LogP contribution in [0.15, 0.2) is 36.9 Å². The molecule has 0 radical (unpaired) electrons. The maximum absolute atomic E-state index is 12.9. The lowest BCUT2D eigenvalue weighted by molar-refractivity contribution is 0.357. The molecule has 1 nitrogen and oxygen atoms in total. The van der Waals surface area contributed by atoms with Gasteiger partial charge in [0.05, 0.1) is 0 Å². The van der Waals surface area contributed by atoms with Crippen LogP contribution < -0.4 is 4.74 Å². The zero-order chi connectivity index (χ0) is 9.26. The fourth-order valence-corrected chi connectivity index (χ4v) is 1.38. The smallest absolute Gasteiger partial charge is 0.127 e. The van der Waals surface area contributed by atoms with Crippen molar-refractivity contribution in [2.45, 2.75) is 0 Å². The molecule has 2 rings (SSSR count). The van der Waals surface area contributed by atoms with E-state index in [2.05, 4.69) is 6.58 Å². The lowest BCUT2D eigenvalue weighted by atomic mass is 10.0. The standard InChI is InChI=1S/C11H9FO/c1-2-8-5-6-13-11-4-3-9(12)7-10(8)11/h2-5,7H,1,6H2. The minimum atomic E-state index is -0.253. The normalized spacial score (nSPS) is 14.1. The van der Waals surface area contributed by atoms with Crippen LogP contribution in [0.5, 0.6) is 5.75 Å². The Morgan fingerprint density at radius 3 is 3.08 bits per heavy atom. The summed E-state index contributed by atoms with van der Waals surface area (Å²) in [4.78, 5) is 0. The van der Waals surface area contributed by atoms with Crippen LogP contribution in [0.1, 0.15) is 5.56 Å². The predicted molar refractivity (Wildman–Crippen MR) is 50.1 cm³/mol. The molecular weight excluding hydrogens is 167 g/mol. The van der Waals surface area contributed by atoms with Gasteiger partial charge in [-0.1, -0.05) is 12.7 Å². The lowest BCUT2D eigenvalue weighted by Gasteiger charge is -2.16. The Morgan fingerprint density at radius 2 is 2.31 bits per heavy atom. The van der Waals surface area contributed by atoms with Crippen LogP contribution in [0.4, 0.5) is 4.39 Å². The number of rotatable bonds is 1. The summed E-state index contributed by atoms with van der Waals surface area (Å²) in [6.45, 7) is 4.19. The van der Waals surface area contributed by atoms with Crippen LogP contribution >= 0.6 is 0 Å². The molecule has 0 spiro atoms. The molecule has 0 aromatic heterocycles. The molecule has 1 aromatic rings. The van der Waals surface area contributed by atoms with Crippen LogP contribution in [-0.2, 0) is 0 Å². The highest BCUT2D eigenvalue weighted by atomic mass is 19.1. The molecule has 1 aliphatic heterocycles. The van der Waals surface area contributed by atoms with Crippen molar-refractivity contribution in [3.63, 3.8) is 0 Å². The van der Waals surface area contributed by atoms with Crippen LogP contribution in [-0.4, -0.2) is 6.61 Å². The molecule has 0 N–H and O–H groups in total. The first kappa shape index (κ1) is 8.05. The number of fused-ring (bicyclic) bond motifs is 1. The van der Waals surface area contributed by atoms with Crippen molar-refractivity contribution in [1.82, 2.24) is 0 Å². The van der Waals surface area contributed by atoms with E-state index in [1.54, 1.807) is 12.1 Å². The van der Waals surface area contributed by atoms with Gasteiger partial charge in [-0.2, -0.15) is 0 Å². The molecule has 1 aromatic carbocycles. The number of ether oxygens (including phenoxy) is 1. The second-order valence-electron chi connectivity index (χ2n) is 2.82. The zero-order valence-corrected chi connectivity index (χ0v) is 7.09. The van der Waals surface area contributed by atoms with Gasteiger partial charge in [0.25, 0.3) is 0 Å². The van der Waals surface area contributed by atoms with E-state index in [0.29, 0.717) is 6.61 Å². The minimum Gasteiger partial charge on any atom is -0.489 e. The topological polar surface area (TPSA) is 9.23 Å². The maximum Gasteiger partial charge on any atom is 0.127 e. The van der Waals surface area contributed by atoms with Gasteiger partial charge in [-0.15, -0.1) is 0 Å². The average Bonchev–Trinajstić information content (AvgIpc) is 2.17. The Kier molecular flexibility index (Phi) is 1.89. The van der Waals surface area contributed by atoms with Gasteiger partial charge >= 0.3 is 0 Å². The van der Waals surface area contributed by atoms with Crippen LogP contribution in [0.3, 0.4) is 0 Å². The maximum atomic E-state index is 12.9. The number of hydrogen-bond donors (Lipinski definition) is 0. The van der Waals surface area contributed by atoms with Crippen molar-refractivity contribution in [3.05, 3.63) is 48.3 Å². The molecule has 0 saturated carbocycles. The third-order valence-corrected chi connectivity index (χ3v) is 2.01. The second-order valence-corrected chi connectivity index (χ2v) is 2.82. The summed E-state index contributed by atoms with van der Waals surface area (Å²) >= 11 is 0. The number of allylic oxidation sites excluding steroid dienone is 2. The third-order valence-electron chi connectivity index (χ3n) is 2.01. The van der Waals surface area contributed by atoms with E-state index in [1.807, 2.05) is 6.08 Å². The van der Waals surface area contributed by atoms with Crippen LogP contribution in [0.2, 0.25) is 0 Å². The van der Waals surface area contributed by atoms with Gasteiger partial charge < -0.3 is 4.74 Å². The highest BCUT2D eigenvalue weighted by molar-refractivity contribution is 5.78. The summed E-state index contributed by atoms with van der Waals surface area (Å²) < 4.78 is 18.2. The molecule has 0 atom stereocenters. The van der Waals surface area contributed by atoms with Gasteiger partial charge in [0, 0.05) is 5.56 Å². The SMILES string of the molecule is C=CC1=CCOc2ccc(F)cc21. The van der Waals surface area contributed by atoms with Crippen molar-refractivity contribution >= 4 is 5.57 Å². The fraction of sp³-hybridized carbons (Fsp3) is 0.0909. The van der Waals surface area contributed by atoms with E-state index in [1.165, 1.54) is 12.1 Å². The van der Waals surface area contributed by atoms with Crippen LogP contribution in [0, 0.1) is 5.82 Å². The van der Waals surface area contributed by atoms with E-state index < -0.39 is 0 Å². The summed E-state index contributed by atoms with van der Waals surface area (Å²) in [5.74, 6) is 0.468. The highest BCUT2D eigenvalue weighted by Crippen LogP contribution is 2.30. The summed E-state index contributed by atoms with van der Waals surface area (Å²) in [7, 11) is 0. The first-order valence-corrected chi connectivity index (χ1v) is 4.06. The molecule has 0 saturated heterocycles. The first-order valence-electron chi connectivity index (χ1n) is 4.06. The first-order chi connectivity index (χ1) is 6.31. The molecule has 1 aliphatic rings. The minimum absolute atomic E-state index is 0.253. The van der Waals surface area contributed by atoms with Crippen LogP contribution in [0.25, 0.3) is 5.57 Å². The van der Waals surface area contributed by atoms with E-state index in [0.717, 1.165) is 16.9 Å². The van der Waals surface area contributed by atoms with Crippen molar-refractivity contribution in [1.29, 1.82) is 0 Å². The molecule has 13 heavy (non-hydrogen) atoms. The molecule has 66 valence electrons. The van der Waals surface area contributed by atoms with E-state index >= 15 is 0 Å². The van der Waals surface area contributed by atoms with Crippen molar-refractivity contribution in [3.8, 4) is 5.75 Å². The Balaban J connectivity index is 2.57. The zero-order valence-electron chi connectivity index (χ0n) is 7.09. The predicted octanol–water partition coefficient (Wildman–Crippen LogP) is 2.79. The monoisotopic (exact) mass is 176 g/mol. The molecule has 0 bridgehead atoms. The van der Waals surface area contributed by atoms with E-state index in [4.69, 9.17) is 4.74 Å². The molecule has 0 unspecified atom stereocenters. The summed E-state index contributed by atoms with van der Waals surface area (Å²) in [6, 6.07) is 4.49. The van der Waals surface area contributed by atoms with E-state index in [9.17, 15) is 4.39 Å². The van der Waals surface area contributed by atoms with E-state index in [-0.39, 0.29) is 5.82 Å². The Hall–Kier alpha value is -1.57. The summed E-state index contributed by atoms with van der Waals surface area (Å²) in [6.07, 6.45) is 3.59. The average molecular weight is 176 g/mol. The number of benzene rings is 1. The van der Waals surface area contributed by atoms with Gasteiger partial charge in [0.15, 0.2) is 0 Å². The highest BCUT2D eigenvalue weighted by Gasteiger charge is 2.11. The molecular formula is C11H9FO. The van der Waals surface area contributed by atoms with Gasteiger partial charge in [-0.25, -0.2) is 4.39 Å². The van der Waals surface area contributed by atoms with Gasteiger partial charge in [-0.3, -0.25) is 0 Å². The molecule has 1 heterocycles. The van der Waals surface area contributed by atoms with Gasteiger partial charge in [0.1, 0.15) is 18.2 Å². The third kappa shape index (κ3) is 1.35. The van der Waals surface area contributed by atoms with Gasteiger partial charge in [0.2, 0.25) is 0 Å². The summed E-state index contributed by atoms with van der Waals surface area (Å²) in [5, 5.41) is 0. The van der Waals surface area contributed by atoms with Crippen molar-refractivity contribution < 1.29 is 9.13 Å². The molecule has 0 fully saturated rings. The fourth-order valence-electron chi connectivity index (χ4n) is 1.38. The molecule has 0 aliphatic carbocycles. The Labute approximate surface area is 76.2 Å². The van der Waals surface area contributed by atoms with Crippen molar-refractivity contribution in [2.24, 2.45) is 0 Å². The Bertz CT molecular complexity index is 380. The number of halogens is 1. The van der Waals surface area contributed by atoms with Crippen molar-refractivity contribution in [2.75, 3.05) is 6.61 Å². The summed E-state index contributed by atoms with van der Waals surface area (Å²) in [5.41, 5.74) is 1.71. The van der Waals surface area contributed by atoms with Gasteiger partial charge in [-0.05, 0) is 29.8 Å². The second kappa shape index (κ2) is 3.05. The number of hydrogen-bond acceptors (Lipinski definition) is 1. The largest absolute Gasteiger partial charge is 0.489 e. The Morgan fingerprint density at radius 1 is 1.46 bits per heavy atom. The lowest BCUT2D eigenvalue weighted by Crippen LogP contribution is -2.03. The quantitative estimate of drug-likeness (QED) is 0.639. The molecule has 0 amide bonds. The molecule has 2 heteroatoms.